The first kappa shape index (κ1) is 14.5. The molecule has 0 heterocycles. The quantitative estimate of drug-likeness (QED) is 0.452. The largest absolute Gasteiger partial charge is 0.393 e. The summed E-state index contributed by atoms with van der Waals surface area (Å²) in [7, 11) is 1.70. The van der Waals surface area contributed by atoms with Crippen molar-refractivity contribution in [1.29, 1.82) is 0 Å². The summed E-state index contributed by atoms with van der Waals surface area (Å²) in [6.45, 7) is 2.40. The van der Waals surface area contributed by atoms with Crippen LogP contribution in [0.25, 0.3) is 0 Å². The molecule has 0 aliphatic heterocycles. The first-order valence-electron chi connectivity index (χ1n) is 5.70. The number of nitroso groups, excluding NO2 is 1. The van der Waals surface area contributed by atoms with Crippen molar-refractivity contribution < 1.29 is 9.84 Å². The fraction of sp³-hybridized carbons (Fsp3) is 1.00. The molecule has 15 heavy (non-hydrogen) atoms. The van der Waals surface area contributed by atoms with Crippen molar-refractivity contribution in [2.75, 3.05) is 13.7 Å². The van der Waals surface area contributed by atoms with Gasteiger partial charge in [0.05, 0.1) is 18.8 Å². The lowest BCUT2D eigenvalue weighted by molar-refractivity contribution is 0.0976. The minimum absolute atomic E-state index is 0.235. The van der Waals surface area contributed by atoms with Crippen LogP contribution in [0.1, 0.15) is 45.4 Å². The first-order valence-corrected chi connectivity index (χ1v) is 5.70. The standard InChI is InChI=1S/C11H23NO3/c1-10(15-2)6-5-8-11(13)7-3-4-9-12-14/h10-11,13H,3-9H2,1-2H3. The van der Waals surface area contributed by atoms with Crippen molar-refractivity contribution >= 4 is 0 Å². The Morgan fingerprint density at radius 3 is 2.47 bits per heavy atom. The highest BCUT2D eigenvalue weighted by atomic mass is 16.5. The summed E-state index contributed by atoms with van der Waals surface area (Å²) in [6.07, 6.45) is 5.28. The van der Waals surface area contributed by atoms with Gasteiger partial charge in [-0.15, -0.1) is 0 Å². The van der Waals surface area contributed by atoms with Gasteiger partial charge in [-0.1, -0.05) is 5.18 Å². The van der Waals surface area contributed by atoms with Gasteiger partial charge in [-0.25, -0.2) is 0 Å². The third-order valence-electron chi connectivity index (χ3n) is 2.59. The van der Waals surface area contributed by atoms with E-state index < -0.39 is 0 Å². The Kier molecular flexibility index (Phi) is 9.73. The molecule has 1 N–H and O–H groups in total. The maximum absolute atomic E-state index is 9.80. The molecule has 0 saturated carbocycles. The lowest BCUT2D eigenvalue weighted by Crippen LogP contribution is -2.09. The van der Waals surface area contributed by atoms with E-state index in [9.17, 15) is 10.0 Å². The van der Waals surface area contributed by atoms with E-state index in [1.54, 1.807) is 7.11 Å². The van der Waals surface area contributed by atoms with Crippen LogP contribution in [-0.4, -0.2) is 31.0 Å². The lowest BCUT2D eigenvalue weighted by Gasteiger charge is -2.12. The number of ether oxygens (including phenoxy) is 1. The molecule has 0 aromatic heterocycles. The highest BCUT2D eigenvalue weighted by Gasteiger charge is 2.05. The van der Waals surface area contributed by atoms with Gasteiger partial charge in [-0.05, 0) is 45.4 Å². The molecule has 2 unspecified atom stereocenters. The molecule has 0 rings (SSSR count). The minimum atomic E-state index is -0.235. The smallest absolute Gasteiger partial charge is 0.0811 e. The summed E-state index contributed by atoms with van der Waals surface area (Å²) < 4.78 is 5.12. The van der Waals surface area contributed by atoms with Crippen LogP contribution in [0, 0.1) is 4.91 Å². The number of hydrogen-bond donors (Lipinski definition) is 1. The molecule has 0 saturated heterocycles. The SMILES string of the molecule is COC(C)CCCC(O)CCCCN=O. The summed E-state index contributed by atoms with van der Waals surface area (Å²) >= 11 is 0. The second-order valence-corrected chi connectivity index (χ2v) is 3.98. The van der Waals surface area contributed by atoms with Crippen LogP contribution in [0.5, 0.6) is 0 Å². The summed E-state index contributed by atoms with van der Waals surface area (Å²) in [6, 6.07) is 0. The van der Waals surface area contributed by atoms with Crippen LogP contribution in [0.3, 0.4) is 0 Å². The summed E-state index contributed by atoms with van der Waals surface area (Å²) in [5.74, 6) is 0. The molecule has 0 aromatic carbocycles. The maximum Gasteiger partial charge on any atom is 0.0811 e. The maximum atomic E-state index is 9.80. The zero-order valence-electron chi connectivity index (χ0n) is 9.82. The Morgan fingerprint density at radius 2 is 1.87 bits per heavy atom. The van der Waals surface area contributed by atoms with Crippen molar-refractivity contribution in [2.45, 2.75) is 57.7 Å². The monoisotopic (exact) mass is 217 g/mol. The Morgan fingerprint density at radius 1 is 1.20 bits per heavy atom. The third kappa shape index (κ3) is 9.82. The van der Waals surface area contributed by atoms with Gasteiger partial charge in [0.1, 0.15) is 0 Å². The molecule has 2 atom stereocenters. The molecule has 0 amide bonds. The van der Waals surface area contributed by atoms with Gasteiger partial charge < -0.3 is 9.84 Å². The van der Waals surface area contributed by atoms with Gasteiger partial charge in [0.25, 0.3) is 0 Å². The number of aliphatic hydroxyl groups excluding tert-OH is 1. The van der Waals surface area contributed by atoms with Crippen LogP contribution in [0.15, 0.2) is 5.18 Å². The predicted molar refractivity (Wildman–Crippen MR) is 60.8 cm³/mol. The van der Waals surface area contributed by atoms with Crippen LogP contribution in [-0.2, 0) is 4.74 Å². The molecule has 4 heteroatoms. The van der Waals surface area contributed by atoms with Crippen LogP contribution in [0.4, 0.5) is 0 Å². The molecule has 0 aliphatic carbocycles. The molecular formula is C11H23NO3. The fourth-order valence-corrected chi connectivity index (χ4v) is 1.46. The molecule has 0 aliphatic rings. The summed E-state index contributed by atoms with van der Waals surface area (Å²) in [5.41, 5.74) is 0. The number of unbranched alkanes of at least 4 members (excludes halogenated alkanes) is 1. The van der Waals surface area contributed by atoms with Crippen molar-refractivity contribution in [3.05, 3.63) is 4.91 Å². The van der Waals surface area contributed by atoms with Crippen LogP contribution >= 0.6 is 0 Å². The molecule has 0 aromatic rings. The normalized spacial score (nSPS) is 14.9. The van der Waals surface area contributed by atoms with Gasteiger partial charge in [0, 0.05) is 7.11 Å². The zero-order chi connectivity index (χ0) is 11.5. The molecule has 0 radical (unpaired) electrons. The Hall–Kier alpha value is -0.480. The van der Waals surface area contributed by atoms with E-state index in [1.807, 2.05) is 6.92 Å². The Balaban J connectivity index is 3.25. The van der Waals surface area contributed by atoms with Gasteiger partial charge >= 0.3 is 0 Å². The molecule has 4 nitrogen and oxygen atoms in total. The highest BCUT2D eigenvalue weighted by molar-refractivity contribution is 4.59. The van der Waals surface area contributed by atoms with E-state index in [0.29, 0.717) is 6.54 Å². The molecule has 0 bridgehead atoms. The Bertz CT molecular complexity index is 153. The number of nitrogens with zero attached hydrogens (tertiary/aromatic N) is 1. The van der Waals surface area contributed by atoms with E-state index in [0.717, 1.165) is 38.5 Å². The van der Waals surface area contributed by atoms with E-state index in [2.05, 4.69) is 5.18 Å². The molecule has 0 spiro atoms. The van der Waals surface area contributed by atoms with Gasteiger partial charge in [-0.3, -0.25) is 0 Å². The topological polar surface area (TPSA) is 58.9 Å². The van der Waals surface area contributed by atoms with Gasteiger partial charge in [-0.2, -0.15) is 4.91 Å². The van der Waals surface area contributed by atoms with E-state index in [4.69, 9.17) is 4.74 Å². The summed E-state index contributed by atoms with van der Waals surface area (Å²) in [5, 5.41) is 12.4. The second-order valence-electron chi connectivity index (χ2n) is 3.98. The van der Waals surface area contributed by atoms with Crippen molar-refractivity contribution in [3.8, 4) is 0 Å². The highest BCUT2D eigenvalue weighted by Crippen LogP contribution is 2.10. The number of aliphatic hydroxyl groups is 1. The van der Waals surface area contributed by atoms with E-state index in [1.165, 1.54) is 0 Å². The third-order valence-corrected chi connectivity index (χ3v) is 2.59. The Labute approximate surface area is 92.0 Å². The average Bonchev–Trinajstić information content (AvgIpc) is 2.24. The van der Waals surface area contributed by atoms with Crippen molar-refractivity contribution in [2.24, 2.45) is 5.18 Å². The average molecular weight is 217 g/mol. The predicted octanol–water partition coefficient (Wildman–Crippen LogP) is 2.49. The van der Waals surface area contributed by atoms with E-state index in [-0.39, 0.29) is 12.2 Å². The second kappa shape index (κ2) is 10.1. The minimum Gasteiger partial charge on any atom is -0.393 e. The molecule has 90 valence electrons. The number of rotatable bonds is 10. The van der Waals surface area contributed by atoms with Gasteiger partial charge in [0.15, 0.2) is 0 Å². The van der Waals surface area contributed by atoms with Crippen molar-refractivity contribution in [3.63, 3.8) is 0 Å². The molecular weight excluding hydrogens is 194 g/mol. The lowest BCUT2D eigenvalue weighted by atomic mass is 10.0. The van der Waals surface area contributed by atoms with E-state index >= 15 is 0 Å². The summed E-state index contributed by atoms with van der Waals surface area (Å²) in [4.78, 5) is 9.80. The van der Waals surface area contributed by atoms with Crippen molar-refractivity contribution in [1.82, 2.24) is 0 Å². The zero-order valence-corrected chi connectivity index (χ0v) is 9.82. The number of hydrogen-bond acceptors (Lipinski definition) is 4. The van der Waals surface area contributed by atoms with Crippen LogP contribution in [0.2, 0.25) is 0 Å². The first-order chi connectivity index (χ1) is 7.20. The van der Waals surface area contributed by atoms with Gasteiger partial charge in [0.2, 0.25) is 0 Å². The fourth-order valence-electron chi connectivity index (χ4n) is 1.46. The number of methoxy groups -OCH3 is 1. The molecule has 0 fully saturated rings. The van der Waals surface area contributed by atoms with Crippen LogP contribution < -0.4 is 0 Å².